The molecule has 0 fully saturated rings. The Morgan fingerprint density at radius 1 is 0.958 bits per heavy atom. The zero-order valence-electron chi connectivity index (χ0n) is 13.4. The number of hydrogen-bond donors (Lipinski definition) is 1. The Bertz CT molecular complexity index is 1080. The van der Waals surface area contributed by atoms with Crippen molar-refractivity contribution < 1.29 is 0 Å². The molecule has 0 amide bonds. The van der Waals surface area contributed by atoms with Crippen LogP contribution < -0.4 is 10.5 Å². The van der Waals surface area contributed by atoms with Crippen LogP contribution in [0.1, 0.15) is 5.82 Å². The summed E-state index contributed by atoms with van der Waals surface area (Å²) in [7, 11) is 2.00. The molecule has 0 saturated heterocycles. The SMILES string of the molecule is CN(Cc1nc2ccccc2c(=O)[nH]1)c1ccc2ccccc2c1. The van der Waals surface area contributed by atoms with E-state index in [1.54, 1.807) is 6.07 Å². The molecule has 0 spiro atoms. The highest BCUT2D eigenvalue weighted by molar-refractivity contribution is 5.85. The van der Waals surface area contributed by atoms with Gasteiger partial charge in [0.15, 0.2) is 0 Å². The fraction of sp³-hybridized carbons (Fsp3) is 0.100. The molecule has 4 heteroatoms. The number of fused-ring (bicyclic) bond motifs is 2. The van der Waals surface area contributed by atoms with Gasteiger partial charge in [0.25, 0.3) is 5.56 Å². The summed E-state index contributed by atoms with van der Waals surface area (Å²) < 4.78 is 0. The van der Waals surface area contributed by atoms with Crippen LogP contribution in [-0.2, 0) is 6.54 Å². The predicted molar refractivity (Wildman–Crippen MR) is 98.4 cm³/mol. The van der Waals surface area contributed by atoms with E-state index in [4.69, 9.17) is 0 Å². The molecule has 1 heterocycles. The van der Waals surface area contributed by atoms with E-state index in [-0.39, 0.29) is 5.56 Å². The summed E-state index contributed by atoms with van der Waals surface area (Å²) in [5, 5.41) is 3.03. The van der Waals surface area contributed by atoms with Crippen molar-refractivity contribution >= 4 is 27.4 Å². The monoisotopic (exact) mass is 315 g/mol. The van der Waals surface area contributed by atoms with E-state index in [1.807, 2.05) is 37.4 Å². The largest absolute Gasteiger partial charge is 0.367 e. The maximum Gasteiger partial charge on any atom is 0.258 e. The molecule has 0 aliphatic rings. The van der Waals surface area contributed by atoms with Crippen molar-refractivity contribution in [3.8, 4) is 0 Å². The lowest BCUT2D eigenvalue weighted by atomic mass is 10.1. The number of aromatic nitrogens is 2. The van der Waals surface area contributed by atoms with Gasteiger partial charge < -0.3 is 9.88 Å². The molecule has 0 aliphatic heterocycles. The molecule has 3 aromatic carbocycles. The average Bonchev–Trinajstić information content (AvgIpc) is 2.61. The van der Waals surface area contributed by atoms with Crippen molar-refractivity contribution in [2.45, 2.75) is 6.54 Å². The number of aromatic amines is 1. The van der Waals surface area contributed by atoms with Gasteiger partial charge in [0.2, 0.25) is 0 Å². The Morgan fingerprint density at radius 2 is 1.71 bits per heavy atom. The molecule has 118 valence electrons. The topological polar surface area (TPSA) is 49.0 Å². The Kier molecular flexibility index (Phi) is 3.50. The Hall–Kier alpha value is -3.14. The number of benzene rings is 3. The summed E-state index contributed by atoms with van der Waals surface area (Å²) in [5.41, 5.74) is 1.72. The minimum atomic E-state index is -0.0949. The maximum absolute atomic E-state index is 12.2. The molecule has 1 aromatic heterocycles. The lowest BCUT2D eigenvalue weighted by molar-refractivity contribution is 0.841. The van der Waals surface area contributed by atoms with E-state index >= 15 is 0 Å². The molecule has 4 rings (SSSR count). The van der Waals surface area contributed by atoms with Crippen molar-refractivity contribution in [2.75, 3.05) is 11.9 Å². The van der Waals surface area contributed by atoms with Gasteiger partial charge in [-0.25, -0.2) is 4.98 Å². The highest BCUT2D eigenvalue weighted by atomic mass is 16.1. The second kappa shape index (κ2) is 5.81. The Labute approximate surface area is 139 Å². The molecule has 0 bridgehead atoms. The van der Waals surface area contributed by atoms with E-state index < -0.39 is 0 Å². The van der Waals surface area contributed by atoms with Gasteiger partial charge in [-0.15, -0.1) is 0 Å². The second-order valence-corrected chi connectivity index (χ2v) is 5.92. The van der Waals surface area contributed by atoms with Gasteiger partial charge in [0.1, 0.15) is 5.82 Å². The van der Waals surface area contributed by atoms with E-state index in [0.29, 0.717) is 17.8 Å². The number of para-hydroxylation sites is 1. The number of H-pyrrole nitrogens is 1. The average molecular weight is 315 g/mol. The fourth-order valence-corrected chi connectivity index (χ4v) is 2.94. The smallest absolute Gasteiger partial charge is 0.258 e. The molecule has 4 nitrogen and oxygen atoms in total. The highest BCUT2D eigenvalue weighted by Crippen LogP contribution is 2.22. The van der Waals surface area contributed by atoms with Crippen molar-refractivity contribution in [1.82, 2.24) is 9.97 Å². The summed E-state index contributed by atoms with van der Waals surface area (Å²) >= 11 is 0. The minimum Gasteiger partial charge on any atom is -0.367 e. The van der Waals surface area contributed by atoms with Gasteiger partial charge in [-0.05, 0) is 35.0 Å². The maximum atomic E-state index is 12.2. The van der Waals surface area contributed by atoms with Crippen molar-refractivity contribution in [3.63, 3.8) is 0 Å². The third-order valence-corrected chi connectivity index (χ3v) is 4.22. The first-order valence-electron chi connectivity index (χ1n) is 7.88. The van der Waals surface area contributed by atoms with Gasteiger partial charge in [-0.3, -0.25) is 4.79 Å². The van der Waals surface area contributed by atoms with E-state index in [9.17, 15) is 4.79 Å². The van der Waals surface area contributed by atoms with Crippen molar-refractivity contribution in [3.05, 3.63) is 82.9 Å². The minimum absolute atomic E-state index is 0.0949. The lowest BCUT2D eigenvalue weighted by Gasteiger charge is -2.19. The van der Waals surface area contributed by atoms with Crippen LogP contribution in [0.5, 0.6) is 0 Å². The summed E-state index contributed by atoms with van der Waals surface area (Å²) in [5.74, 6) is 0.661. The van der Waals surface area contributed by atoms with Gasteiger partial charge in [-0.2, -0.15) is 0 Å². The normalized spacial score (nSPS) is 11.0. The summed E-state index contributed by atoms with van der Waals surface area (Å²) in [6, 6.07) is 22.0. The third-order valence-electron chi connectivity index (χ3n) is 4.22. The van der Waals surface area contributed by atoms with Crippen molar-refractivity contribution in [1.29, 1.82) is 0 Å². The summed E-state index contributed by atoms with van der Waals surface area (Å²) in [4.78, 5) is 21.7. The van der Waals surface area contributed by atoms with Crippen LogP contribution in [0.3, 0.4) is 0 Å². The van der Waals surface area contributed by atoms with Crippen LogP contribution >= 0.6 is 0 Å². The van der Waals surface area contributed by atoms with Crippen LogP contribution in [0.15, 0.2) is 71.5 Å². The van der Waals surface area contributed by atoms with Gasteiger partial charge in [-0.1, -0.05) is 42.5 Å². The number of nitrogens with one attached hydrogen (secondary N) is 1. The van der Waals surface area contributed by atoms with Gasteiger partial charge in [0.05, 0.1) is 17.4 Å². The molecular weight excluding hydrogens is 298 g/mol. The van der Waals surface area contributed by atoms with E-state index in [2.05, 4.69) is 45.2 Å². The van der Waals surface area contributed by atoms with Crippen LogP contribution in [0.25, 0.3) is 21.7 Å². The van der Waals surface area contributed by atoms with Crippen LogP contribution in [0, 0.1) is 0 Å². The Balaban J connectivity index is 1.67. The van der Waals surface area contributed by atoms with E-state index in [0.717, 1.165) is 11.2 Å². The standard InChI is InChI=1S/C20H17N3O/c1-23(16-11-10-14-6-2-3-7-15(14)12-16)13-19-21-18-9-5-4-8-17(18)20(24)22-19/h2-12H,13H2,1H3,(H,21,22,24). The molecule has 0 unspecified atom stereocenters. The van der Waals surface area contributed by atoms with Crippen molar-refractivity contribution in [2.24, 2.45) is 0 Å². The van der Waals surface area contributed by atoms with Crippen LogP contribution in [0.2, 0.25) is 0 Å². The summed E-state index contributed by atoms with van der Waals surface area (Å²) in [6.07, 6.45) is 0. The highest BCUT2D eigenvalue weighted by Gasteiger charge is 2.07. The quantitative estimate of drug-likeness (QED) is 0.627. The molecule has 4 aromatic rings. The first kappa shape index (κ1) is 14.5. The zero-order chi connectivity index (χ0) is 16.5. The van der Waals surface area contributed by atoms with Gasteiger partial charge >= 0.3 is 0 Å². The van der Waals surface area contributed by atoms with Crippen LogP contribution in [-0.4, -0.2) is 17.0 Å². The molecule has 1 N–H and O–H groups in total. The van der Waals surface area contributed by atoms with Crippen LogP contribution in [0.4, 0.5) is 5.69 Å². The molecular formula is C20H17N3O. The number of rotatable bonds is 3. The third kappa shape index (κ3) is 2.63. The second-order valence-electron chi connectivity index (χ2n) is 5.92. The predicted octanol–water partition coefficient (Wildman–Crippen LogP) is 3.71. The first-order chi connectivity index (χ1) is 11.7. The first-order valence-corrected chi connectivity index (χ1v) is 7.88. The molecule has 0 aliphatic carbocycles. The van der Waals surface area contributed by atoms with E-state index in [1.165, 1.54) is 10.8 Å². The molecule has 24 heavy (non-hydrogen) atoms. The Morgan fingerprint density at radius 3 is 2.58 bits per heavy atom. The molecule has 0 radical (unpaired) electrons. The lowest BCUT2D eigenvalue weighted by Crippen LogP contribution is -2.21. The molecule has 0 atom stereocenters. The molecule has 0 saturated carbocycles. The number of nitrogens with zero attached hydrogens (tertiary/aromatic N) is 2. The number of hydrogen-bond acceptors (Lipinski definition) is 3. The fourth-order valence-electron chi connectivity index (χ4n) is 2.94. The van der Waals surface area contributed by atoms with Gasteiger partial charge in [0, 0.05) is 12.7 Å². The summed E-state index contributed by atoms with van der Waals surface area (Å²) in [6.45, 7) is 0.540. The zero-order valence-corrected chi connectivity index (χ0v) is 13.4. The number of anilines is 1.